The normalized spacial score (nSPS) is 11.0. The number of carbonyl (C=O) groups excluding carboxylic acids is 1. The molecule has 0 unspecified atom stereocenters. The maximum Gasteiger partial charge on any atom is 0.387 e. The van der Waals surface area contributed by atoms with E-state index in [1.54, 1.807) is 30.3 Å². The van der Waals surface area contributed by atoms with Crippen molar-refractivity contribution < 1.29 is 27.8 Å². The SMILES string of the molecule is COc1ccc(/C=C(/C#N)C(=O)OCc2cc(Cl)ccc2OC(F)F)cc1. The highest BCUT2D eigenvalue weighted by Gasteiger charge is 2.15. The van der Waals surface area contributed by atoms with Crippen molar-refractivity contribution in [3.8, 4) is 17.6 Å². The molecule has 0 fully saturated rings. The standard InChI is InChI=1S/C19H14ClF2NO4/c1-25-16-5-2-12(3-6-16)8-13(10-23)18(24)26-11-14-9-15(20)4-7-17(14)27-19(21)22/h2-9,19H,11H2,1H3/b13-8-. The largest absolute Gasteiger partial charge is 0.497 e. The Morgan fingerprint density at radius 1 is 1.26 bits per heavy atom. The molecule has 0 N–H and O–H groups in total. The van der Waals surface area contributed by atoms with Crippen molar-refractivity contribution in [1.82, 2.24) is 0 Å². The minimum Gasteiger partial charge on any atom is -0.497 e. The van der Waals surface area contributed by atoms with Gasteiger partial charge in [0.25, 0.3) is 0 Å². The van der Waals surface area contributed by atoms with Gasteiger partial charge in [0.2, 0.25) is 0 Å². The lowest BCUT2D eigenvalue weighted by molar-refractivity contribution is -0.139. The molecule has 0 spiro atoms. The van der Waals surface area contributed by atoms with Gasteiger partial charge in [0.15, 0.2) is 0 Å². The van der Waals surface area contributed by atoms with Crippen molar-refractivity contribution in [3.63, 3.8) is 0 Å². The van der Waals surface area contributed by atoms with Crippen LogP contribution in [0, 0.1) is 11.3 Å². The van der Waals surface area contributed by atoms with Gasteiger partial charge in [-0.05, 0) is 42.0 Å². The molecule has 2 rings (SSSR count). The van der Waals surface area contributed by atoms with E-state index in [2.05, 4.69) is 4.74 Å². The predicted octanol–water partition coefficient (Wildman–Crippen LogP) is 4.60. The maximum absolute atomic E-state index is 12.5. The number of halogens is 3. The van der Waals surface area contributed by atoms with Crippen LogP contribution in [0.5, 0.6) is 11.5 Å². The second-order valence-electron chi connectivity index (χ2n) is 5.15. The van der Waals surface area contributed by atoms with Gasteiger partial charge in [-0.1, -0.05) is 23.7 Å². The van der Waals surface area contributed by atoms with E-state index < -0.39 is 12.6 Å². The van der Waals surface area contributed by atoms with Crippen molar-refractivity contribution in [3.05, 3.63) is 64.2 Å². The zero-order valence-electron chi connectivity index (χ0n) is 14.1. The summed E-state index contributed by atoms with van der Waals surface area (Å²) in [4.78, 5) is 12.1. The molecule has 2 aromatic rings. The minimum absolute atomic E-state index is 0.151. The van der Waals surface area contributed by atoms with Crippen LogP contribution < -0.4 is 9.47 Å². The lowest BCUT2D eigenvalue weighted by Crippen LogP contribution is -2.09. The molecule has 27 heavy (non-hydrogen) atoms. The first-order valence-electron chi connectivity index (χ1n) is 7.59. The Morgan fingerprint density at radius 2 is 1.96 bits per heavy atom. The molecule has 0 bridgehead atoms. The average Bonchev–Trinajstić information content (AvgIpc) is 2.66. The molecule has 140 valence electrons. The Morgan fingerprint density at radius 3 is 2.56 bits per heavy atom. The number of nitrogens with zero attached hydrogens (tertiary/aromatic N) is 1. The molecule has 0 heterocycles. The molecule has 8 heteroatoms. The Kier molecular flexibility index (Phi) is 7.15. The second-order valence-corrected chi connectivity index (χ2v) is 5.59. The molecule has 0 aliphatic heterocycles. The number of ether oxygens (including phenoxy) is 3. The number of carbonyl (C=O) groups is 1. The van der Waals surface area contributed by atoms with Crippen molar-refractivity contribution in [2.45, 2.75) is 13.2 Å². The number of benzene rings is 2. The van der Waals surface area contributed by atoms with Gasteiger partial charge in [0, 0.05) is 10.6 Å². The van der Waals surface area contributed by atoms with E-state index in [-0.39, 0.29) is 28.5 Å². The van der Waals surface area contributed by atoms with Gasteiger partial charge in [-0.3, -0.25) is 0 Å². The van der Waals surface area contributed by atoms with Crippen LogP contribution in [-0.2, 0) is 16.1 Å². The van der Waals surface area contributed by atoms with Crippen LogP contribution >= 0.6 is 11.6 Å². The first-order chi connectivity index (χ1) is 12.9. The van der Waals surface area contributed by atoms with E-state index in [1.165, 1.54) is 31.4 Å². The van der Waals surface area contributed by atoms with Crippen LogP contribution in [0.4, 0.5) is 8.78 Å². The van der Waals surface area contributed by atoms with Gasteiger partial charge in [0.05, 0.1) is 7.11 Å². The summed E-state index contributed by atoms with van der Waals surface area (Å²) in [6, 6.07) is 12.4. The monoisotopic (exact) mass is 393 g/mol. The van der Waals surface area contributed by atoms with E-state index in [9.17, 15) is 18.8 Å². The molecule has 0 aromatic heterocycles. The Hall–Kier alpha value is -3.11. The number of hydrogen-bond acceptors (Lipinski definition) is 5. The number of esters is 1. The average molecular weight is 394 g/mol. The Labute approximate surface area is 159 Å². The second kappa shape index (κ2) is 9.55. The molecule has 0 radical (unpaired) electrons. The highest BCUT2D eigenvalue weighted by Crippen LogP contribution is 2.25. The molecule has 2 aromatic carbocycles. The molecule has 0 saturated heterocycles. The number of alkyl halides is 2. The van der Waals surface area contributed by atoms with Gasteiger partial charge in [0.1, 0.15) is 29.7 Å². The molecule has 5 nitrogen and oxygen atoms in total. The van der Waals surface area contributed by atoms with Gasteiger partial charge in [-0.15, -0.1) is 0 Å². The first-order valence-corrected chi connectivity index (χ1v) is 7.97. The van der Waals surface area contributed by atoms with E-state index in [4.69, 9.17) is 21.1 Å². The zero-order chi connectivity index (χ0) is 19.8. The van der Waals surface area contributed by atoms with E-state index >= 15 is 0 Å². The van der Waals surface area contributed by atoms with Gasteiger partial charge >= 0.3 is 12.6 Å². The third-order valence-corrected chi connectivity index (χ3v) is 3.60. The van der Waals surface area contributed by atoms with Crippen molar-refractivity contribution in [2.75, 3.05) is 7.11 Å². The quantitative estimate of drug-likeness (QED) is 0.390. The van der Waals surface area contributed by atoms with E-state index in [1.807, 2.05) is 0 Å². The van der Waals surface area contributed by atoms with Crippen LogP contribution in [0.25, 0.3) is 6.08 Å². The summed E-state index contributed by atoms with van der Waals surface area (Å²) in [5.74, 6) is -0.447. The fourth-order valence-corrected chi connectivity index (χ4v) is 2.29. The van der Waals surface area contributed by atoms with Crippen LogP contribution in [-0.4, -0.2) is 19.7 Å². The van der Waals surface area contributed by atoms with Crippen molar-refractivity contribution in [2.24, 2.45) is 0 Å². The number of nitriles is 1. The van der Waals surface area contributed by atoms with Gasteiger partial charge in [-0.2, -0.15) is 14.0 Å². The summed E-state index contributed by atoms with van der Waals surface area (Å²) in [5, 5.41) is 9.45. The molecule has 0 saturated carbocycles. The number of hydrogen-bond donors (Lipinski definition) is 0. The summed E-state index contributed by atoms with van der Waals surface area (Å²) in [7, 11) is 1.52. The summed E-state index contributed by atoms with van der Waals surface area (Å²) in [5.41, 5.74) is 0.491. The molecule has 0 atom stereocenters. The molecule has 0 amide bonds. The molecule has 0 aliphatic carbocycles. The fourth-order valence-electron chi connectivity index (χ4n) is 2.10. The summed E-state index contributed by atoms with van der Waals surface area (Å²) >= 11 is 5.83. The van der Waals surface area contributed by atoms with Gasteiger partial charge in [-0.25, -0.2) is 4.79 Å². The topological polar surface area (TPSA) is 68.5 Å². The minimum atomic E-state index is -3.04. The number of rotatable bonds is 7. The summed E-state index contributed by atoms with van der Waals surface area (Å²) < 4.78 is 39.3. The maximum atomic E-state index is 12.5. The van der Waals surface area contributed by atoms with Crippen molar-refractivity contribution in [1.29, 1.82) is 5.26 Å². The number of methoxy groups -OCH3 is 1. The Balaban J connectivity index is 2.12. The Bertz CT molecular complexity index is 876. The van der Waals surface area contributed by atoms with Crippen LogP contribution in [0.2, 0.25) is 5.02 Å². The predicted molar refractivity (Wildman–Crippen MR) is 94.5 cm³/mol. The lowest BCUT2D eigenvalue weighted by Gasteiger charge is -2.11. The van der Waals surface area contributed by atoms with Crippen molar-refractivity contribution >= 4 is 23.6 Å². The highest BCUT2D eigenvalue weighted by atomic mass is 35.5. The summed E-state index contributed by atoms with van der Waals surface area (Å²) in [6.45, 7) is -3.42. The highest BCUT2D eigenvalue weighted by molar-refractivity contribution is 6.30. The third kappa shape index (κ3) is 5.97. The lowest BCUT2D eigenvalue weighted by atomic mass is 10.1. The van der Waals surface area contributed by atoms with E-state index in [0.717, 1.165) is 0 Å². The zero-order valence-corrected chi connectivity index (χ0v) is 14.9. The third-order valence-electron chi connectivity index (χ3n) is 3.36. The van der Waals surface area contributed by atoms with Crippen LogP contribution in [0.3, 0.4) is 0 Å². The molecular weight excluding hydrogens is 380 g/mol. The first kappa shape index (κ1) is 20.2. The molecule has 0 aliphatic rings. The van der Waals surface area contributed by atoms with Crippen LogP contribution in [0.1, 0.15) is 11.1 Å². The van der Waals surface area contributed by atoms with Crippen LogP contribution in [0.15, 0.2) is 48.0 Å². The fraction of sp³-hybridized carbons (Fsp3) is 0.158. The summed E-state index contributed by atoms with van der Waals surface area (Å²) in [6.07, 6.45) is 1.34. The smallest absolute Gasteiger partial charge is 0.387 e. The van der Waals surface area contributed by atoms with Gasteiger partial charge < -0.3 is 14.2 Å². The molecular formula is C19H14ClF2NO4. The van der Waals surface area contributed by atoms with E-state index in [0.29, 0.717) is 11.3 Å².